The number of anilines is 1. The molecule has 2 N–H and O–H groups in total. The van der Waals surface area contributed by atoms with Crippen molar-refractivity contribution in [2.45, 2.75) is 0 Å². The lowest BCUT2D eigenvalue weighted by Crippen LogP contribution is -1.96. The Morgan fingerprint density at radius 2 is 2.05 bits per heavy atom. The lowest BCUT2D eigenvalue weighted by molar-refractivity contribution is 0.0697. The van der Waals surface area contributed by atoms with Crippen LogP contribution in [0.2, 0.25) is 0 Å². The van der Waals surface area contributed by atoms with Crippen LogP contribution in [0, 0.1) is 0 Å². The van der Waals surface area contributed by atoms with Crippen molar-refractivity contribution in [3.63, 3.8) is 0 Å². The summed E-state index contributed by atoms with van der Waals surface area (Å²) < 4.78 is 11.4. The third-order valence-corrected chi connectivity index (χ3v) is 3.58. The van der Waals surface area contributed by atoms with Gasteiger partial charge in [0.05, 0.1) is 21.9 Å². The topological polar surface area (TPSA) is 80.2 Å². The average molecular weight is 363 g/mol. The number of carbonyl (C=O) groups is 1. The molecule has 0 atom stereocenters. The number of carboxylic acids is 1. The zero-order chi connectivity index (χ0) is 15.5. The van der Waals surface area contributed by atoms with Gasteiger partial charge in [-0.25, -0.2) is 4.79 Å². The number of hydrazone groups is 1. The number of rotatable bonds is 4. The van der Waals surface area contributed by atoms with Crippen molar-refractivity contribution >= 4 is 33.8 Å². The molecule has 0 aliphatic carbocycles. The number of aromatic carboxylic acids is 1. The van der Waals surface area contributed by atoms with E-state index in [-0.39, 0.29) is 12.4 Å². The molecule has 1 aliphatic heterocycles. The Hall–Kier alpha value is -2.54. The van der Waals surface area contributed by atoms with Gasteiger partial charge in [-0.1, -0.05) is 0 Å². The summed E-state index contributed by atoms with van der Waals surface area (Å²) in [6.45, 7) is 0.211. The van der Waals surface area contributed by atoms with Crippen LogP contribution in [0.15, 0.2) is 46.0 Å². The number of carboxylic acid groups (broad SMARTS) is 1. The van der Waals surface area contributed by atoms with Gasteiger partial charge in [0.2, 0.25) is 6.79 Å². The Balaban J connectivity index is 1.70. The summed E-state index contributed by atoms with van der Waals surface area (Å²) in [6.07, 6.45) is 1.64. The van der Waals surface area contributed by atoms with Gasteiger partial charge in [-0.15, -0.1) is 0 Å². The standard InChI is InChI=1S/C15H11BrN2O4/c16-12-5-9(6-13-14(12)22-8-21-13)7-17-18-11-3-1-10(2-4-11)15(19)20/h1-7,18H,8H2,(H,19,20)/b17-7-. The monoisotopic (exact) mass is 362 g/mol. The molecule has 2 aromatic rings. The van der Waals surface area contributed by atoms with Gasteiger partial charge in [0.25, 0.3) is 0 Å². The van der Waals surface area contributed by atoms with Crippen LogP contribution in [-0.4, -0.2) is 24.1 Å². The summed E-state index contributed by atoms with van der Waals surface area (Å²) in [5.41, 5.74) is 4.60. The number of halogens is 1. The molecule has 0 bridgehead atoms. The van der Waals surface area contributed by atoms with Crippen LogP contribution in [0.25, 0.3) is 0 Å². The zero-order valence-electron chi connectivity index (χ0n) is 11.2. The molecule has 0 saturated heterocycles. The smallest absolute Gasteiger partial charge is 0.335 e. The molecule has 6 nitrogen and oxygen atoms in total. The number of hydrogen-bond donors (Lipinski definition) is 2. The zero-order valence-corrected chi connectivity index (χ0v) is 12.8. The molecule has 0 spiro atoms. The number of nitrogens with zero attached hydrogens (tertiary/aromatic N) is 1. The molecule has 0 unspecified atom stereocenters. The fourth-order valence-electron chi connectivity index (χ4n) is 1.93. The van der Waals surface area contributed by atoms with E-state index in [1.165, 1.54) is 12.1 Å². The van der Waals surface area contributed by atoms with Crippen molar-refractivity contribution in [2.75, 3.05) is 12.2 Å². The first-order valence-corrected chi connectivity index (χ1v) is 7.14. The van der Waals surface area contributed by atoms with Crippen LogP contribution in [0.4, 0.5) is 5.69 Å². The number of hydrogen-bond acceptors (Lipinski definition) is 5. The lowest BCUT2D eigenvalue weighted by atomic mass is 10.2. The Labute approximate surface area is 134 Å². The van der Waals surface area contributed by atoms with Crippen LogP contribution in [0.3, 0.4) is 0 Å². The third kappa shape index (κ3) is 3.04. The van der Waals surface area contributed by atoms with Crippen molar-refractivity contribution in [1.29, 1.82) is 0 Å². The van der Waals surface area contributed by atoms with Crippen molar-refractivity contribution in [1.82, 2.24) is 0 Å². The van der Waals surface area contributed by atoms with E-state index in [0.29, 0.717) is 17.2 Å². The normalized spacial score (nSPS) is 12.6. The van der Waals surface area contributed by atoms with Gasteiger partial charge in [-0.05, 0) is 57.9 Å². The van der Waals surface area contributed by atoms with Crippen LogP contribution < -0.4 is 14.9 Å². The highest BCUT2D eigenvalue weighted by Crippen LogP contribution is 2.39. The summed E-state index contributed by atoms with van der Waals surface area (Å²) in [5.74, 6) is 0.399. The average Bonchev–Trinajstić information content (AvgIpc) is 2.97. The Morgan fingerprint density at radius 1 is 1.27 bits per heavy atom. The van der Waals surface area contributed by atoms with E-state index in [0.717, 1.165) is 10.0 Å². The van der Waals surface area contributed by atoms with E-state index >= 15 is 0 Å². The van der Waals surface area contributed by atoms with Gasteiger partial charge in [0, 0.05) is 0 Å². The van der Waals surface area contributed by atoms with Gasteiger partial charge in [-0.3, -0.25) is 5.43 Å². The number of benzene rings is 2. The molecular formula is C15H11BrN2O4. The Morgan fingerprint density at radius 3 is 2.77 bits per heavy atom. The van der Waals surface area contributed by atoms with Gasteiger partial charge in [0.15, 0.2) is 11.5 Å². The molecular weight excluding hydrogens is 352 g/mol. The second kappa shape index (κ2) is 6.07. The maximum Gasteiger partial charge on any atom is 0.335 e. The molecule has 7 heteroatoms. The Kier molecular flexibility index (Phi) is 3.97. The summed E-state index contributed by atoms with van der Waals surface area (Å²) in [6, 6.07) is 10.0. The summed E-state index contributed by atoms with van der Waals surface area (Å²) in [4.78, 5) is 10.8. The van der Waals surface area contributed by atoms with E-state index in [4.69, 9.17) is 14.6 Å². The minimum absolute atomic E-state index is 0.211. The molecule has 1 aliphatic rings. The van der Waals surface area contributed by atoms with Crippen molar-refractivity contribution in [2.24, 2.45) is 5.10 Å². The first-order valence-electron chi connectivity index (χ1n) is 6.35. The summed E-state index contributed by atoms with van der Waals surface area (Å²) >= 11 is 3.41. The highest BCUT2D eigenvalue weighted by molar-refractivity contribution is 9.10. The molecule has 0 amide bonds. The van der Waals surface area contributed by atoms with Crippen LogP contribution in [0.1, 0.15) is 15.9 Å². The molecule has 22 heavy (non-hydrogen) atoms. The second-order valence-corrected chi connectivity index (χ2v) is 5.34. The van der Waals surface area contributed by atoms with E-state index < -0.39 is 5.97 Å². The van der Waals surface area contributed by atoms with Crippen LogP contribution >= 0.6 is 15.9 Å². The SMILES string of the molecule is O=C(O)c1ccc(N/N=C\c2cc(Br)c3c(c2)OCO3)cc1. The number of fused-ring (bicyclic) bond motifs is 1. The van der Waals surface area contributed by atoms with Gasteiger partial charge in [0.1, 0.15) is 0 Å². The number of ether oxygens (including phenoxy) is 2. The predicted molar refractivity (Wildman–Crippen MR) is 84.9 cm³/mol. The van der Waals surface area contributed by atoms with Crippen molar-refractivity contribution in [3.8, 4) is 11.5 Å². The quantitative estimate of drug-likeness (QED) is 0.644. The molecule has 2 aromatic carbocycles. The van der Waals surface area contributed by atoms with E-state index in [1.54, 1.807) is 18.3 Å². The van der Waals surface area contributed by atoms with Gasteiger partial charge < -0.3 is 14.6 Å². The van der Waals surface area contributed by atoms with E-state index in [9.17, 15) is 4.79 Å². The Bertz CT molecular complexity index is 744. The fourth-order valence-corrected chi connectivity index (χ4v) is 2.50. The highest BCUT2D eigenvalue weighted by Gasteiger charge is 2.17. The maximum atomic E-state index is 10.8. The molecule has 0 saturated carbocycles. The minimum atomic E-state index is -0.958. The van der Waals surface area contributed by atoms with Crippen LogP contribution in [-0.2, 0) is 0 Å². The molecule has 3 rings (SSSR count). The van der Waals surface area contributed by atoms with E-state index in [2.05, 4.69) is 26.5 Å². The molecule has 0 radical (unpaired) electrons. The largest absolute Gasteiger partial charge is 0.478 e. The van der Waals surface area contributed by atoms with Crippen molar-refractivity contribution < 1.29 is 19.4 Å². The molecule has 1 heterocycles. The van der Waals surface area contributed by atoms with Crippen molar-refractivity contribution in [3.05, 3.63) is 52.0 Å². The van der Waals surface area contributed by atoms with Crippen LogP contribution in [0.5, 0.6) is 11.5 Å². The second-order valence-electron chi connectivity index (χ2n) is 4.49. The molecule has 112 valence electrons. The molecule has 0 aromatic heterocycles. The first-order chi connectivity index (χ1) is 10.6. The predicted octanol–water partition coefficient (Wildman–Crippen LogP) is 3.32. The van der Waals surface area contributed by atoms with E-state index in [1.807, 2.05) is 12.1 Å². The molecule has 0 fully saturated rings. The van der Waals surface area contributed by atoms with Gasteiger partial charge in [-0.2, -0.15) is 5.10 Å². The van der Waals surface area contributed by atoms with Gasteiger partial charge >= 0.3 is 5.97 Å². The first kappa shape index (κ1) is 14.4. The summed E-state index contributed by atoms with van der Waals surface area (Å²) in [5, 5.41) is 12.9. The minimum Gasteiger partial charge on any atom is -0.478 e. The highest BCUT2D eigenvalue weighted by atomic mass is 79.9. The summed E-state index contributed by atoms with van der Waals surface area (Å²) in [7, 11) is 0. The number of nitrogens with one attached hydrogen (secondary N) is 1. The third-order valence-electron chi connectivity index (χ3n) is 2.99. The lowest BCUT2D eigenvalue weighted by Gasteiger charge is -2.02. The fraction of sp³-hybridized carbons (Fsp3) is 0.0667. The maximum absolute atomic E-state index is 10.8.